The van der Waals surface area contributed by atoms with Gasteiger partial charge in [-0.15, -0.1) is 0 Å². The zero-order chi connectivity index (χ0) is 18.1. The number of piperidine rings is 1. The molecule has 4 rings (SSSR count). The van der Waals surface area contributed by atoms with Gasteiger partial charge in [0.05, 0.1) is 6.54 Å². The Kier molecular flexibility index (Phi) is 4.77. The molecule has 2 aromatic heterocycles. The van der Waals surface area contributed by atoms with Gasteiger partial charge in [0.2, 0.25) is 11.7 Å². The number of hydrogen-bond donors (Lipinski definition) is 0. The van der Waals surface area contributed by atoms with Gasteiger partial charge in [0.25, 0.3) is 4.96 Å². The second kappa shape index (κ2) is 7.20. The van der Waals surface area contributed by atoms with Gasteiger partial charge in [-0.2, -0.15) is 9.38 Å². The molecule has 0 radical (unpaired) electrons. The molecule has 0 spiro atoms. The van der Waals surface area contributed by atoms with Crippen LogP contribution in [0.15, 0.2) is 11.6 Å². The van der Waals surface area contributed by atoms with Crippen molar-refractivity contribution in [2.75, 3.05) is 50.7 Å². The second-order valence-corrected chi connectivity index (χ2v) is 7.65. The molecule has 10 heteroatoms. The summed E-state index contributed by atoms with van der Waals surface area (Å²) in [4.78, 5) is 34.7. The van der Waals surface area contributed by atoms with E-state index in [1.54, 1.807) is 11.6 Å². The highest BCUT2D eigenvalue weighted by molar-refractivity contribution is 7.15. The van der Waals surface area contributed by atoms with Crippen LogP contribution in [0.2, 0.25) is 0 Å². The zero-order valence-electron chi connectivity index (χ0n) is 14.5. The van der Waals surface area contributed by atoms with Crippen molar-refractivity contribution in [3.8, 4) is 0 Å². The van der Waals surface area contributed by atoms with Gasteiger partial charge >= 0.3 is 5.82 Å². The quantitative estimate of drug-likeness (QED) is 0.591. The minimum absolute atomic E-state index is 0.0269. The van der Waals surface area contributed by atoms with Crippen molar-refractivity contribution in [3.05, 3.63) is 21.7 Å². The van der Waals surface area contributed by atoms with Gasteiger partial charge in [0.15, 0.2) is 0 Å². The van der Waals surface area contributed by atoms with E-state index in [2.05, 4.69) is 9.88 Å². The lowest BCUT2D eigenvalue weighted by Crippen LogP contribution is -2.50. The molecule has 0 atom stereocenters. The summed E-state index contributed by atoms with van der Waals surface area (Å²) in [5, 5.41) is 13.3. The van der Waals surface area contributed by atoms with Crippen molar-refractivity contribution in [1.29, 1.82) is 0 Å². The Morgan fingerprint density at radius 2 is 1.88 bits per heavy atom. The summed E-state index contributed by atoms with van der Waals surface area (Å²) in [5.74, 6) is 0.662. The summed E-state index contributed by atoms with van der Waals surface area (Å²) >= 11 is 1.39. The van der Waals surface area contributed by atoms with E-state index in [0.717, 1.165) is 25.9 Å². The molecule has 0 saturated carbocycles. The number of nitrogens with zero attached hydrogens (tertiary/aromatic N) is 6. The van der Waals surface area contributed by atoms with Crippen LogP contribution in [0, 0.1) is 10.1 Å². The average Bonchev–Trinajstić information content (AvgIpc) is 3.23. The van der Waals surface area contributed by atoms with E-state index in [4.69, 9.17) is 0 Å². The number of fused-ring (bicyclic) bond motifs is 1. The Labute approximate surface area is 155 Å². The van der Waals surface area contributed by atoms with Crippen molar-refractivity contribution < 1.29 is 9.72 Å². The summed E-state index contributed by atoms with van der Waals surface area (Å²) in [7, 11) is 0. The third kappa shape index (κ3) is 3.26. The normalized spacial score (nSPS) is 19.2. The van der Waals surface area contributed by atoms with Crippen molar-refractivity contribution in [2.45, 2.75) is 19.3 Å². The van der Waals surface area contributed by atoms with Crippen molar-refractivity contribution in [3.63, 3.8) is 0 Å². The first kappa shape index (κ1) is 17.2. The van der Waals surface area contributed by atoms with Crippen LogP contribution in [0.25, 0.3) is 4.96 Å². The molecule has 4 heterocycles. The predicted molar refractivity (Wildman–Crippen MR) is 98.8 cm³/mol. The molecule has 2 aromatic rings. The lowest BCUT2D eigenvalue weighted by molar-refractivity contribution is -0.389. The van der Waals surface area contributed by atoms with E-state index in [1.165, 1.54) is 22.2 Å². The SMILES string of the molecule is O=C(CN1CCN(c2nc3sccn3c2[N+](=O)[O-])CC1)N1CCCCC1. The van der Waals surface area contributed by atoms with Gasteiger partial charge in [0.1, 0.15) is 6.20 Å². The third-order valence-corrected chi connectivity index (χ3v) is 5.89. The maximum absolute atomic E-state index is 12.4. The first-order valence-corrected chi connectivity index (χ1v) is 9.86. The Bertz CT molecular complexity index is 804. The molecule has 0 aromatic carbocycles. The number of amides is 1. The number of rotatable bonds is 4. The number of anilines is 1. The van der Waals surface area contributed by atoms with E-state index < -0.39 is 0 Å². The first-order chi connectivity index (χ1) is 12.6. The minimum Gasteiger partial charge on any atom is -0.358 e. The number of hydrogen-bond acceptors (Lipinski definition) is 7. The lowest BCUT2D eigenvalue weighted by Gasteiger charge is -2.35. The first-order valence-electron chi connectivity index (χ1n) is 8.98. The van der Waals surface area contributed by atoms with E-state index in [-0.39, 0.29) is 16.6 Å². The van der Waals surface area contributed by atoms with Crippen LogP contribution in [0.1, 0.15) is 19.3 Å². The highest BCUT2D eigenvalue weighted by Crippen LogP contribution is 2.31. The smallest absolute Gasteiger partial charge is 0.358 e. The number of imidazole rings is 1. The van der Waals surface area contributed by atoms with Crippen molar-refractivity contribution in [2.24, 2.45) is 0 Å². The molecule has 2 aliphatic heterocycles. The van der Waals surface area contributed by atoms with Crippen LogP contribution in [0.4, 0.5) is 11.6 Å². The molecule has 0 N–H and O–H groups in total. The summed E-state index contributed by atoms with van der Waals surface area (Å²) in [6.45, 7) is 4.88. The monoisotopic (exact) mass is 378 g/mol. The largest absolute Gasteiger partial charge is 0.373 e. The lowest BCUT2D eigenvalue weighted by atomic mass is 10.1. The minimum atomic E-state index is -0.367. The van der Waals surface area contributed by atoms with E-state index in [1.807, 2.05) is 9.80 Å². The molecule has 2 saturated heterocycles. The molecule has 9 nitrogen and oxygen atoms in total. The van der Waals surface area contributed by atoms with Gasteiger partial charge in [-0.3, -0.25) is 9.69 Å². The maximum atomic E-state index is 12.4. The molecule has 1 amide bonds. The molecular formula is C16H22N6O3S. The number of carbonyl (C=O) groups is 1. The Morgan fingerprint density at radius 3 is 2.58 bits per heavy atom. The van der Waals surface area contributed by atoms with Crippen molar-refractivity contribution in [1.82, 2.24) is 19.2 Å². The molecule has 0 unspecified atom stereocenters. The predicted octanol–water partition coefficient (Wildman–Crippen LogP) is 1.44. The van der Waals surface area contributed by atoms with Gasteiger partial charge in [-0.05, 0) is 24.2 Å². The number of likely N-dealkylation sites (tertiary alicyclic amines) is 1. The van der Waals surface area contributed by atoms with E-state index >= 15 is 0 Å². The Balaban J connectivity index is 1.39. The second-order valence-electron chi connectivity index (χ2n) is 6.78. The van der Waals surface area contributed by atoms with Crippen LogP contribution in [0.3, 0.4) is 0 Å². The molecule has 140 valence electrons. The molecule has 26 heavy (non-hydrogen) atoms. The third-order valence-electron chi connectivity index (χ3n) is 5.13. The van der Waals surface area contributed by atoms with Crippen molar-refractivity contribution >= 4 is 33.8 Å². The van der Waals surface area contributed by atoms with Gasteiger partial charge in [-0.1, -0.05) is 11.3 Å². The molecule has 2 fully saturated rings. The van der Waals surface area contributed by atoms with E-state index in [9.17, 15) is 14.9 Å². The maximum Gasteiger partial charge on any atom is 0.373 e. The summed E-state index contributed by atoms with van der Waals surface area (Å²) in [6, 6.07) is 0. The van der Waals surface area contributed by atoms with Crippen LogP contribution in [0.5, 0.6) is 0 Å². The molecule has 0 bridgehead atoms. The van der Waals surface area contributed by atoms with E-state index in [0.29, 0.717) is 43.5 Å². The fourth-order valence-electron chi connectivity index (χ4n) is 3.70. The zero-order valence-corrected chi connectivity index (χ0v) is 15.4. The Hall–Kier alpha value is -2.20. The van der Waals surface area contributed by atoms with Crippen LogP contribution >= 0.6 is 11.3 Å². The summed E-state index contributed by atoms with van der Waals surface area (Å²) < 4.78 is 1.53. The topological polar surface area (TPSA) is 87.2 Å². The Morgan fingerprint density at radius 1 is 1.15 bits per heavy atom. The number of nitro groups is 1. The number of thiazole rings is 1. The molecule has 2 aliphatic rings. The number of carbonyl (C=O) groups excluding carboxylic acids is 1. The standard InChI is InChI=1S/C16H22N6O3S/c23-13(19-4-2-1-3-5-19)12-18-6-8-20(9-7-18)14-15(22(24)25)21-10-11-26-16(21)17-14/h10-11H,1-9,12H2. The van der Waals surface area contributed by atoms with Gasteiger partial charge in [0, 0.05) is 44.6 Å². The molecule has 0 aliphatic carbocycles. The average molecular weight is 378 g/mol. The highest BCUT2D eigenvalue weighted by Gasteiger charge is 2.30. The van der Waals surface area contributed by atoms with Crippen LogP contribution < -0.4 is 4.90 Å². The fraction of sp³-hybridized carbons (Fsp3) is 0.625. The van der Waals surface area contributed by atoms with Gasteiger partial charge in [-0.25, -0.2) is 0 Å². The number of aromatic nitrogens is 2. The number of piperazine rings is 1. The molecular weight excluding hydrogens is 356 g/mol. The summed E-state index contributed by atoms with van der Waals surface area (Å²) in [6.07, 6.45) is 5.09. The summed E-state index contributed by atoms with van der Waals surface area (Å²) in [5.41, 5.74) is 0. The van der Waals surface area contributed by atoms with Crippen LogP contribution in [-0.4, -0.2) is 75.8 Å². The highest BCUT2D eigenvalue weighted by atomic mass is 32.1. The van der Waals surface area contributed by atoms with Gasteiger partial charge < -0.3 is 19.9 Å². The fourth-order valence-corrected chi connectivity index (χ4v) is 4.40. The van der Waals surface area contributed by atoms with Crippen LogP contribution in [-0.2, 0) is 4.79 Å².